The molecule has 320 valence electrons. The van der Waals surface area contributed by atoms with Gasteiger partial charge in [-0.3, -0.25) is 4.99 Å². The maximum Gasteiger partial charge on any atom is 0.0798 e. The first-order valence-electron chi connectivity index (χ1n) is 23.8. The minimum atomic E-state index is -0.132. The predicted molar refractivity (Wildman–Crippen MR) is 288 cm³/mol. The predicted octanol–water partition coefficient (Wildman–Crippen LogP) is 18.2. The SMILES string of the molecule is CCC(C)C(N=C(c1ccc2ccccc2c1)C(CC)C(C)c1ccc2ccccc2c1)c1cc2sc3ccccc3c2cc1-n1c2cc3ccccc3cc2c2cc3ccccc3cc21. The molecule has 0 aliphatic carbocycles. The van der Waals surface area contributed by atoms with Crippen LogP contribution in [-0.4, -0.2) is 10.3 Å². The number of hydrogen-bond acceptors (Lipinski definition) is 2. The maximum atomic E-state index is 6.27. The van der Waals surface area contributed by atoms with Gasteiger partial charge < -0.3 is 4.57 Å². The summed E-state index contributed by atoms with van der Waals surface area (Å²) < 4.78 is 5.21. The summed E-state index contributed by atoms with van der Waals surface area (Å²) in [7, 11) is 0. The number of aliphatic imine (C=N–C) groups is 1. The molecule has 0 bridgehead atoms. The Labute approximate surface area is 390 Å². The third-order valence-electron chi connectivity index (χ3n) is 14.8. The lowest BCUT2D eigenvalue weighted by Crippen LogP contribution is -2.24. The zero-order valence-electron chi connectivity index (χ0n) is 38.0. The van der Waals surface area contributed by atoms with Gasteiger partial charge in [0, 0.05) is 48.1 Å². The standard InChI is InChI=1S/C63H52N2S/c1-5-39(3)62(64-63(50-30-28-42-18-8-10-20-45(42)32-50)51(6-2)40(4)43-29-27-41-17-7-9-19-44(41)31-43)56-38-61-55(52-25-15-16-26-60(52)66-61)37-59(56)65-57-35-48-23-13-11-21-46(48)33-53(57)54-34-47-22-12-14-24-49(47)36-58(54)65/h7-40,51,62H,5-6H2,1-4H3. The fourth-order valence-corrected chi connectivity index (χ4v) is 12.1. The van der Waals surface area contributed by atoms with Gasteiger partial charge in [-0.1, -0.05) is 180 Å². The van der Waals surface area contributed by atoms with Gasteiger partial charge in [0.1, 0.15) is 0 Å². The zero-order valence-corrected chi connectivity index (χ0v) is 38.8. The molecule has 12 aromatic rings. The fourth-order valence-electron chi connectivity index (χ4n) is 11.0. The van der Waals surface area contributed by atoms with Crippen LogP contribution in [0.5, 0.6) is 0 Å². The van der Waals surface area contributed by atoms with Gasteiger partial charge in [-0.15, -0.1) is 11.3 Å². The summed E-state index contributed by atoms with van der Waals surface area (Å²) in [5.41, 5.74) is 8.67. The van der Waals surface area contributed by atoms with Crippen molar-refractivity contribution in [2.75, 3.05) is 0 Å². The average molecular weight is 869 g/mol. The van der Waals surface area contributed by atoms with Crippen LogP contribution in [0.15, 0.2) is 199 Å². The van der Waals surface area contributed by atoms with Crippen LogP contribution >= 0.6 is 11.3 Å². The van der Waals surface area contributed by atoms with Crippen molar-refractivity contribution in [1.82, 2.24) is 4.57 Å². The van der Waals surface area contributed by atoms with Crippen molar-refractivity contribution in [2.24, 2.45) is 16.8 Å². The van der Waals surface area contributed by atoms with Crippen molar-refractivity contribution in [3.8, 4) is 5.69 Å². The second-order valence-electron chi connectivity index (χ2n) is 18.6. The van der Waals surface area contributed by atoms with Gasteiger partial charge >= 0.3 is 0 Å². The first-order chi connectivity index (χ1) is 32.4. The van der Waals surface area contributed by atoms with Crippen molar-refractivity contribution < 1.29 is 0 Å². The van der Waals surface area contributed by atoms with Crippen LogP contribution in [-0.2, 0) is 0 Å². The van der Waals surface area contributed by atoms with Crippen LogP contribution in [0.25, 0.3) is 90.8 Å². The Balaban J connectivity index is 1.17. The molecule has 12 rings (SSSR count). The van der Waals surface area contributed by atoms with E-state index < -0.39 is 0 Å². The monoisotopic (exact) mass is 868 g/mol. The summed E-state index contributed by atoms with van der Waals surface area (Å²) >= 11 is 1.90. The van der Waals surface area contributed by atoms with E-state index in [1.165, 1.54) is 113 Å². The molecule has 0 fully saturated rings. The maximum absolute atomic E-state index is 6.27. The van der Waals surface area contributed by atoms with Gasteiger partial charge in [0.25, 0.3) is 0 Å². The molecule has 66 heavy (non-hydrogen) atoms. The van der Waals surface area contributed by atoms with Gasteiger partial charge in [0.15, 0.2) is 0 Å². The highest BCUT2D eigenvalue weighted by atomic mass is 32.1. The summed E-state index contributed by atoms with van der Waals surface area (Å²) in [6.45, 7) is 9.55. The van der Waals surface area contributed by atoms with E-state index in [1.54, 1.807) is 0 Å². The summed E-state index contributed by atoms with van der Waals surface area (Å²) in [6, 6.07) is 72.8. The van der Waals surface area contributed by atoms with Crippen LogP contribution in [0.2, 0.25) is 0 Å². The van der Waals surface area contributed by atoms with Crippen molar-refractivity contribution in [1.29, 1.82) is 0 Å². The molecule has 4 unspecified atom stereocenters. The highest BCUT2D eigenvalue weighted by molar-refractivity contribution is 7.25. The summed E-state index contributed by atoms with van der Waals surface area (Å²) in [5, 5.41) is 15.2. The van der Waals surface area contributed by atoms with Crippen molar-refractivity contribution in [2.45, 2.75) is 52.5 Å². The second kappa shape index (κ2) is 16.4. The molecule has 0 saturated carbocycles. The van der Waals surface area contributed by atoms with Crippen molar-refractivity contribution in [3.05, 3.63) is 211 Å². The van der Waals surface area contributed by atoms with E-state index in [0.29, 0.717) is 0 Å². The van der Waals surface area contributed by atoms with Crippen LogP contribution in [0.1, 0.15) is 69.2 Å². The minimum absolute atomic E-state index is 0.132. The molecule has 4 atom stereocenters. The topological polar surface area (TPSA) is 17.3 Å². The van der Waals surface area contributed by atoms with Crippen molar-refractivity contribution >= 4 is 102 Å². The number of benzene rings is 10. The average Bonchev–Trinajstić information content (AvgIpc) is 3.88. The van der Waals surface area contributed by atoms with E-state index in [-0.39, 0.29) is 23.8 Å². The Morgan fingerprint density at radius 3 is 1.61 bits per heavy atom. The Kier molecular flexibility index (Phi) is 10.1. The Morgan fingerprint density at radius 2 is 1.00 bits per heavy atom. The highest BCUT2D eigenvalue weighted by Gasteiger charge is 2.30. The third kappa shape index (κ3) is 6.79. The molecule has 2 nitrogen and oxygen atoms in total. The lowest BCUT2D eigenvalue weighted by molar-refractivity contribution is 0.452. The number of thiophene rings is 1. The molecule has 0 saturated heterocycles. The zero-order chi connectivity index (χ0) is 44.5. The van der Waals surface area contributed by atoms with Gasteiger partial charge in [-0.2, -0.15) is 0 Å². The van der Waals surface area contributed by atoms with Gasteiger partial charge in [0.2, 0.25) is 0 Å². The van der Waals surface area contributed by atoms with E-state index in [1.807, 2.05) is 11.3 Å². The molecule has 2 aromatic heterocycles. The minimum Gasteiger partial charge on any atom is -0.309 e. The number of rotatable bonds is 10. The first kappa shape index (κ1) is 40.4. The van der Waals surface area contributed by atoms with Gasteiger partial charge in [0.05, 0.1) is 22.8 Å². The summed E-state index contributed by atoms with van der Waals surface area (Å²) in [4.78, 5) is 6.27. The van der Waals surface area contributed by atoms with E-state index >= 15 is 0 Å². The van der Waals surface area contributed by atoms with Crippen LogP contribution in [0, 0.1) is 11.8 Å². The van der Waals surface area contributed by atoms with Gasteiger partial charge in [-0.05, 0) is 121 Å². The highest BCUT2D eigenvalue weighted by Crippen LogP contribution is 2.46. The normalized spacial score (nSPS) is 14.3. The lowest BCUT2D eigenvalue weighted by atomic mass is 9.79. The fraction of sp³-hybridized carbons (Fsp3) is 0.159. The number of aromatic nitrogens is 1. The quantitative estimate of drug-likeness (QED) is 0.122. The molecular formula is C63H52N2S. The molecule has 3 heteroatoms. The molecule has 0 spiro atoms. The van der Waals surface area contributed by atoms with E-state index in [4.69, 9.17) is 4.99 Å². The van der Waals surface area contributed by atoms with E-state index in [9.17, 15) is 0 Å². The molecule has 0 radical (unpaired) electrons. The van der Waals surface area contributed by atoms with Gasteiger partial charge in [-0.25, -0.2) is 0 Å². The first-order valence-corrected chi connectivity index (χ1v) is 24.6. The molecule has 10 aromatic carbocycles. The number of nitrogens with zero attached hydrogens (tertiary/aromatic N) is 2. The van der Waals surface area contributed by atoms with E-state index in [2.05, 4.69) is 226 Å². The Morgan fingerprint density at radius 1 is 0.470 bits per heavy atom. The smallest absolute Gasteiger partial charge is 0.0798 e. The molecule has 0 aliphatic rings. The Hall–Kier alpha value is -7.07. The lowest BCUT2D eigenvalue weighted by Gasteiger charge is -2.30. The largest absolute Gasteiger partial charge is 0.309 e. The molecule has 2 heterocycles. The number of hydrogen-bond donors (Lipinski definition) is 0. The molecular weight excluding hydrogens is 817 g/mol. The summed E-state index contributed by atoms with van der Waals surface area (Å²) in [6.07, 6.45) is 1.95. The molecule has 0 amide bonds. The summed E-state index contributed by atoms with van der Waals surface area (Å²) in [5.74, 6) is 0.640. The number of fused-ring (bicyclic) bond motifs is 10. The van der Waals surface area contributed by atoms with Crippen LogP contribution in [0.4, 0.5) is 0 Å². The Bertz CT molecular complexity index is 3770. The second-order valence-corrected chi connectivity index (χ2v) is 19.7. The molecule has 0 aliphatic heterocycles. The van der Waals surface area contributed by atoms with Crippen LogP contribution < -0.4 is 0 Å². The van der Waals surface area contributed by atoms with Crippen molar-refractivity contribution in [3.63, 3.8) is 0 Å². The van der Waals surface area contributed by atoms with Crippen LogP contribution in [0.3, 0.4) is 0 Å². The molecule has 0 N–H and O–H groups in total. The third-order valence-corrected chi connectivity index (χ3v) is 15.9. The van der Waals surface area contributed by atoms with E-state index in [0.717, 1.165) is 12.8 Å².